The fraction of sp³-hybridized carbons (Fsp3) is 0.714. The fourth-order valence-corrected chi connectivity index (χ4v) is 3.35. The average Bonchev–Trinajstić information content (AvgIpc) is 2.68. The smallest absolute Gasteiger partial charge is 0.410 e. The first-order valence-corrected chi connectivity index (χ1v) is 7.77. The first-order valence-electron chi connectivity index (χ1n) is 6.95. The molecular formula is C14H23N3O2S. The summed E-state index contributed by atoms with van der Waals surface area (Å²) in [6, 6.07) is 0. The lowest BCUT2D eigenvalue weighted by atomic mass is 9.96. The molecule has 1 aliphatic rings. The van der Waals surface area contributed by atoms with Gasteiger partial charge in [0.15, 0.2) is 4.80 Å². The van der Waals surface area contributed by atoms with Gasteiger partial charge in [0.2, 0.25) is 0 Å². The van der Waals surface area contributed by atoms with E-state index < -0.39 is 5.60 Å². The zero-order chi connectivity index (χ0) is 14.9. The van der Waals surface area contributed by atoms with Gasteiger partial charge in [-0.25, -0.2) is 4.79 Å². The quantitative estimate of drug-likeness (QED) is 0.866. The lowest BCUT2D eigenvalue weighted by molar-refractivity contribution is 0.0205. The van der Waals surface area contributed by atoms with Crippen molar-refractivity contribution in [2.45, 2.75) is 45.1 Å². The van der Waals surface area contributed by atoms with Gasteiger partial charge in [0.1, 0.15) is 5.60 Å². The molecule has 1 aromatic rings. The number of carbonyl (C=O) groups is 1. The molecule has 0 atom stereocenters. The lowest BCUT2D eigenvalue weighted by Crippen LogP contribution is -2.41. The van der Waals surface area contributed by atoms with E-state index in [1.54, 1.807) is 4.90 Å². The predicted octanol–water partition coefficient (Wildman–Crippen LogP) is 2.68. The first kappa shape index (κ1) is 15.1. The highest BCUT2D eigenvalue weighted by atomic mass is 32.1. The van der Waals surface area contributed by atoms with E-state index in [0.29, 0.717) is 10.7 Å². The predicted molar refractivity (Wildman–Crippen MR) is 78.9 cm³/mol. The fourth-order valence-electron chi connectivity index (χ4n) is 2.32. The van der Waals surface area contributed by atoms with E-state index in [1.807, 2.05) is 38.6 Å². The molecule has 1 fully saturated rings. The van der Waals surface area contributed by atoms with E-state index in [0.717, 1.165) is 25.9 Å². The maximum Gasteiger partial charge on any atom is 0.410 e. The highest BCUT2D eigenvalue weighted by Gasteiger charge is 2.28. The van der Waals surface area contributed by atoms with E-state index >= 15 is 0 Å². The third-order valence-corrected chi connectivity index (χ3v) is 4.56. The third kappa shape index (κ3) is 3.62. The average molecular weight is 297 g/mol. The highest BCUT2D eigenvalue weighted by molar-refractivity contribution is 7.09. The van der Waals surface area contributed by atoms with Crippen LogP contribution in [0, 0.1) is 5.41 Å². The van der Waals surface area contributed by atoms with Gasteiger partial charge < -0.3 is 14.2 Å². The molecule has 0 radical (unpaired) electrons. The van der Waals surface area contributed by atoms with Gasteiger partial charge in [-0.2, -0.15) is 0 Å². The SMILES string of the molecule is Cn1cc(C2CCN(C(=O)OC(C)(C)C)CC2)sc1=N. The Morgan fingerprint density at radius 1 is 1.40 bits per heavy atom. The molecule has 2 rings (SSSR count). The van der Waals surface area contributed by atoms with E-state index in [1.165, 1.54) is 16.2 Å². The number of nitrogens with zero attached hydrogens (tertiary/aromatic N) is 2. The highest BCUT2D eigenvalue weighted by Crippen LogP contribution is 2.30. The molecule has 1 aromatic heterocycles. The summed E-state index contributed by atoms with van der Waals surface area (Å²) in [5, 5.41) is 7.76. The molecule has 0 aliphatic carbocycles. The molecule has 0 unspecified atom stereocenters. The molecule has 2 heterocycles. The zero-order valence-electron chi connectivity index (χ0n) is 12.6. The summed E-state index contributed by atoms with van der Waals surface area (Å²) in [5.41, 5.74) is -0.435. The molecule has 1 N–H and O–H groups in total. The van der Waals surface area contributed by atoms with Gasteiger partial charge in [0.05, 0.1) is 0 Å². The van der Waals surface area contributed by atoms with Crippen molar-refractivity contribution < 1.29 is 9.53 Å². The van der Waals surface area contributed by atoms with Crippen molar-refractivity contribution in [3.05, 3.63) is 15.9 Å². The van der Waals surface area contributed by atoms with Crippen molar-refractivity contribution >= 4 is 17.4 Å². The Bertz CT molecular complexity index is 533. The maximum atomic E-state index is 12.0. The molecule has 1 aliphatic heterocycles. The number of rotatable bonds is 1. The monoisotopic (exact) mass is 297 g/mol. The Kier molecular flexibility index (Phi) is 4.22. The van der Waals surface area contributed by atoms with E-state index in [4.69, 9.17) is 10.1 Å². The number of hydrogen-bond donors (Lipinski definition) is 1. The van der Waals surface area contributed by atoms with Crippen LogP contribution in [-0.2, 0) is 11.8 Å². The van der Waals surface area contributed by atoms with Crippen LogP contribution in [0.1, 0.15) is 44.4 Å². The van der Waals surface area contributed by atoms with Crippen LogP contribution >= 0.6 is 11.3 Å². The summed E-state index contributed by atoms with van der Waals surface area (Å²) < 4.78 is 7.24. The molecule has 1 saturated heterocycles. The van der Waals surface area contributed by atoms with Gasteiger partial charge in [-0.3, -0.25) is 5.41 Å². The molecular weight excluding hydrogens is 274 g/mol. The van der Waals surface area contributed by atoms with Gasteiger partial charge in [0.25, 0.3) is 0 Å². The van der Waals surface area contributed by atoms with Gasteiger partial charge >= 0.3 is 6.09 Å². The largest absolute Gasteiger partial charge is 0.444 e. The minimum Gasteiger partial charge on any atom is -0.444 e. The molecule has 0 bridgehead atoms. The number of piperidine rings is 1. The van der Waals surface area contributed by atoms with Crippen molar-refractivity contribution in [1.82, 2.24) is 9.47 Å². The molecule has 1 amide bonds. The second-order valence-electron chi connectivity index (χ2n) is 6.29. The minimum absolute atomic E-state index is 0.214. The molecule has 0 spiro atoms. The Morgan fingerprint density at radius 3 is 2.45 bits per heavy atom. The van der Waals surface area contributed by atoms with Crippen molar-refractivity contribution in [1.29, 1.82) is 5.41 Å². The number of aromatic nitrogens is 1. The first-order chi connectivity index (χ1) is 9.26. The van der Waals surface area contributed by atoms with Crippen molar-refractivity contribution in [2.24, 2.45) is 7.05 Å². The summed E-state index contributed by atoms with van der Waals surface area (Å²) in [7, 11) is 1.90. The van der Waals surface area contributed by atoms with Crippen LogP contribution in [0.15, 0.2) is 6.20 Å². The van der Waals surface area contributed by atoms with Crippen LogP contribution in [0.3, 0.4) is 0 Å². The number of ether oxygens (including phenoxy) is 1. The van der Waals surface area contributed by atoms with Crippen LogP contribution in [0.4, 0.5) is 4.79 Å². The standard InChI is InChI=1S/C14H23N3O2S/c1-14(2,3)19-13(18)17-7-5-10(6-8-17)11-9-16(4)12(15)20-11/h9-10,15H,5-8H2,1-4H3. The number of hydrogen-bond acceptors (Lipinski definition) is 4. The third-order valence-electron chi connectivity index (χ3n) is 3.40. The number of carbonyl (C=O) groups excluding carboxylic acids is 1. The summed E-state index contributed by atoms with van der Waals surface area (Å²) >= 11 is 1.54. The maximum absolute atomic E-state index is 12.0. The summed E-state index contributed by atoms with van der Waals surface area (Å²) in [6.45, 7) is 7.13. The second-order valence-corrected chi connectivity index (χ2v) is 7.35. The van der Waals surface area contributed by atoms with Crippen molar-refractivity contribution in [2.75, 3.05) is 13.1 Å². The molecule has 5 nitrogen and oxygen atoms in total. The van der Waals surface area contributed by atoms with Crippen LogP contribution in [0.25, 0.3) is 0 Å². The van der Waals surface area contributed by atoms with Gasteiger partial charge in [-0.1, -0.05) is 0 Å². The van der Waals surface area contributed by atoms with Gasteiger partial charge in [0, 0.05) is 31.2 Å². The zero-order valence-corrected chi connectivity index (χ0v) is 13.4. The van der Waals surface area contributed by atoms with Crippen LogP contribution in [0.2, 0.25) is 0 Å². The lowest BCUT2D eigenvalue weighted by Gasteiger charge is -2.33. The van der Waals surface area contributed by atoms with E-state index in [2.05, 4.69) is 0 Å². The number of likely N-dealkylation sites (tertiary alicyclic amines) is 1. The normalized spacial score (nSPS) is 17.3. The second kappa shape index (κ2) is 5.60. The number of amides is 1. The molecule has 20 heavy (non-hydrogen) atoms. The molecule has 0 saturated carbocycles. The van der Waals surface area contributed by atoms with Crippen LogP contribution < -0.4 is 4.80 Å². The van der Waals surface area contributed by atoms with Gasteiger partial charge in [-0.15, -0.1) is 11.3 Å². The molecule has 0 aromatic carbocycles. The molecule has 112 valence electrons. The minimum atomic E-state index is -0.435. The van der Waals surface area contributed by atoms with E-state index in [9.17, 15) is 4.79 Å². The van der Waals surface area contributed by atoms with E-state index in [-0.39, 0.29) is 6.09 Å². The van der Waals surface area contributed by atoms with Crippen molar-refractivity contribution in [3.63, 3.8) is 0 Å². The summed E-state index contributed by atoms with van der Waals surface area (Å²) in [5.74, 6) is 0.462. The number of aryl methyl sites for hydroxylation is 1. The van der Waals surface area contributed by atoms with Crippen LogP contribution in [-0.4, -0.2) is 34.3 Å². The van der Waals surface area contributed by atoms with Crippen molar-refractivity contribution in [3.8, 4) is 0 Å². The Labute approximate surface area is 123 Å². The Hall–Kier alpha value is -1.30. The topological polar surface area (TPSA) is 58.3 Å². The number of thiazole rings is 1. The molecule has 6 heteroatoms. The summed E-state index contributed by atoms with van der Waals surface area (Å²) in [6.07, 6.45) is 3.72. The number of nitrogens with one attached hydrogen (secondary N) is 1. The van der Waals surface area contributed by atoms with Crippen LogP contribution in [0.5, 0.6) is 0 Å². The Balaban J connectivity index is 1.92. The Morgan fingerprint density at radius 2 is 2.00 bits per heavy atom. The van der Waals surface area contributed by atoms with Gasteiger partial charge in [-0.05, 0) is 39.5 Å². The summed E-state index contributed by atoms with van der Waals surface area (Å²) in [4.78, 5) is 15.6.